The molecule has 0 spiro atoms. The molecule has 0 N–H and O–H groups in total. The molecule has 0 saturated heterocycles. The summed E-state index contributed by atoms with van der Waals surface area (Å²) in [5.41, 5.74) is 1.96. The molecular formula is C8H10O2. The van der Waals surface area contributed by atoms with Crippen molar-refractivity contribution in [1.29, 1.82) is 0 Å². The van der Waals surface area contributed by atoms with Gasteiger partial charge in [0.25, 0.3) is 0 Å². The summed E-state index contributed by atoms with van der Waals surface area (Å²) in [6, 6.07) is 0. The lowest BCUT2D eigenvalue weighted by Gasteiger charge is -1.97. The van der Waals surface area contributed by atoms with Crippen LogP contribution in [0.2, 0.25) is 0 Å². The van der Waals surface area contributed by atoms with Gasteiger partial charge in [-0.25, -0.2) is 4.79 Å². The van der Waals surface area contributed by atoms with Crippen LogP contribution in [0.1, 0.15) is 13.3 Å². The minimum absolute atomic E-state index is 0.215. The molecule has 1 aliphatic rings. The number of esters is 1. The minimum Gasteiger partial charge on any atom is -0.466 e. The van der Waals surface area contributed by atoms with E-state index < -0.39 is 0 Å². The van der Waals surface area contributed by atoms with Crippen molar-refractivity contribution in [2.45, 2.75) is 13.3 Å². The molecule has 0 unspecified atom stereocenters. The van der Waals surface area contributed by atoms with E-state index in [2.05, 4.69) is 4.74 Å². The largest absolute Gasteiger partial charge is 0.466 e. The molecule has 0 saturated carbocycles. The lowest BCUT2D eigenvalue weighted by Crippen LogP contribution is -2.02. The summed E-state index contributed by atoms with van der Waals surface area (Å²) in [6.45, 7) is 1.99. The summed E-state index contributed by atoms with van der Waals surface area (Å²) in [6.07, 6.45) is 4.49. The second-order valence-corrected chi connectivity index (χ2v) is 2.37. The van der Waals surface area contributed by atoms with Crippen molar-refractivity contribution in [3.05, 3.63) is 23.3 Å². The Kier molecular flexibility index (Phi) is 1.90. The SMILES string of the molecule is COC(=O)C1=CC=C(C)C1. The van der Waals surface area contributed by atoms with Crippen molar-refractivity contribution in [3.63, 3.8) is 0 Å². The number of ether oxygens (including phenoxy) is 1. The summed E-state index contributed by atoms with van der Waals surface area (Å²) >= 11 is 0. The number of rotatable bonds is 1. The van der Waals surface area contributed by atoms with Crippen molar-refractivity contribution in [2.75, 3.05) is 7.11 Å². The number of methoxy groups -OCH3 is 1. The van der Waals surface area contributed by atoms with Crippen LogP contribution in [0.3, 0.4) is 0 Å². The lowest BCUT2D eigenvalue weighted by molar-refractivity contribution is -0.136. The van der Waals surface area contributed by atoms with Crippen molar-refractivity contribution in [1.82, 2.24) is 0 Å². The molecule has 1 aliphatic carbocycles. The molecule has 0 heterocycles. The average molecular weight is 138 g/mol. The smallest absolute Gasteiger partial charge is 0.334 e. The summed E-state index contributed by atoms with van der Waals surface area (Å²) in [4.78, 5) is 10.8. The van der Waals surface area contributed by atoms with Gasteiger partial charge in [0, 0.05) is 12.0 Å². The molecule has 0 atom stereocenters. The van der Waals surface area contributed by atoms with Gasteiger partial charge in [0.05, 0.1) is 7.11 Å². The number of allylic oxidation sites excluding steroid dienone is 3. The van der Waals surface area contributed by atoms with E-state index in [1.54, 1.807) is 6.08 Å². The predicted octanol–water partition coefficient (Wildman–Crippen LogP) is 1.44. The van der Waals surface area contributed by atoms with Crippen molar-refractivity contribution in [2.24, 2.45) is 0 Å². The molecule has 0 amide bonds. The predicted molar refractivity (Wildman–Crippen MR) is 38.5 cm³/mol. The third kappa shape index (κ3) is 1.26. The molecule has 0 bridgehead atoms. The van der Waals surface area contributed by atoms with Gasteiger partial charge in [-0.2, -0.15) is 0 Å². The van der Waals surface area contributed by atoms with E-state index in [0.29, 0.717) is 0 Å². The highest BCUT2D eigenvalue weighted by atomic mass is 16.5. The molecule has 2 heteroatoms. The molecule has 2 nitrogen and oxygen atoms in total. The average Bonchev–Trinajstić information content (AvgIpc) is 2.34. The Morgan fingerprint density at radius 3 is 2.70 bits per heavy atom. The van der Waals surface area contributed by atoms with Gasteiger partial charge in [-0.3, -0.25) is 0 Å². The van der Waals surface area contributed by atoms with Gasteiger partial charge in [0.1, 0.15) is 0 Å². The molecule has 0 radical (unpaired) electrons. The van der Waals surface area contributed by atoms with Gasteiger partial charge >= 0.3 is 5.97 Å². The fraction of sp³-hybridized carbons (Fsp3) is 0.375. The van der Waals surface area contributed by atoms with Crippen molar-refractivity contribution >= 4 is 5.97 Å². The first-order valence-corrected chi connectivity index (χ1v) is 3.18. The molecule has 0 aromatic rings. The van der Waals surface area contributed by atoms with Crippen LogP contribution in [0.4, 0.5) is 0 Å². The van der Waals surface area contributed by atoms with E-state index in [0.717, 1.165) is 12.0 Å². The Hall–Kier alpha value is -1.05. The van der Waals surface area contributed by atoms with E-state index in [1.807, 2.05) is 13.0 Å². The molecular weight excluding hydrogens is 128 g/mol. The van der Waals surface area contributed by atoms with Gasteiger partial charge in [-0.15, -0.1) is 0 Å². The maximum Gasteiger partial charge on any atom is 0.334 e. The van der Waals surface area contributed by atoms with E-state index in [1.165, 1.54) is 12.7 Å². The molecule has 0 aromatic carbocycles. The first kappa shape index (κ1) is 7.06. The van der Waals surface area contributed by atoms with Crippen LogP contribution in [0.15, 0.2) is 23.3 Å². The minimum atomic E-state index is -0.215. The van der Waals surface area contributed by atoms with Crippen LogP contribution in [0.25, 0.3) is 0 Å². The quantitative estimate of drug-likeness (QED) is 0.512. The zero-order valence-corrected chi connectivity index (χ0v) is 6.18. The molecule has 0 fully saturated rings. The Balaban J connectivity index is 2.57. The van der Waals surface area contributed by atoms with Crippen LogP contribution < -0.4 is 0 Å². The first-order chi connectivity index (χ1) is 4.74. The monoisotopic (exact) mass is 138 g/mol. The molecule has 54 valence electrons. The zero-order chi connectivity index (χ0) is 7.56. The second kappa shape index (κ2) is 2.69. The second-order valence-electron chi connectivity index (χ2n) is 2.37. The van der Waals surface area contributed by atoms with Gasteiger partial charge in [-0.1, -0.05) is 17.7 Å². The van der Waals surface area contributed by atoms with Gasteiger partial charge < -0.3 is 4.74 Å². The van der Waals surface area contributed by atoms with Crippen LogP contribution >= 0.6 is 0 Å². The van der Waals surface area contributed by atoms with E-state index >= 15 is 0 Å². The van der Waals surface area contributed by atoms with Gasteiger partial charge in [-0.05, 0) is 6.92 Å². The van der Waals surface area contributed by atoms with Crippen LogP contribution in [0.5, 0.6) is 0 Å². The Labute approximate surface area is 60.2 Å². The number of carbonyl (C=O) groups excluding carboxylic acids is 1. The number of hydrogen-bond acceptors (Lipinski definition) is 2. The summed E-state index contributed by atoms with van der Waals surface area (Å²) in [5, 5.41) is 0. The third-order valence-corrected chi connectivity index (χ3v) is 1.49. The van der Waals surface area contributed by atoms with Crippen LogP contribution in [-0.2, 0) is 9.53 Å². The summed E-state index contributed by atoms with van der Waals surface area (Å²) in [7, 11) is 1.40. The number of carbonyl (C=O) groups is 1. The molecule has 0 aliphatic heterocycles. The fourth-order valence-electron chi connectivity index (χ4n) is 0.932. The molecule has 10 heavy (non-hydrogen) atoms. The number of hydrogen-bond donors (Lipinski definition) is 0. The van der Waals surface area contributed by atoms with Crippen molar-refractivity contribution < 1.29 is 9.53 Å². The standard InChI is InChI=1S/C8H10O2/c1-6-3-4-7(5-6)8(9)10-2/h3-4H,5H2,1-2H3. The maximum absolute atomic E-state index is 10.8. The van der Waals surface area contributed by atoms with Crippen LogP contribution in [-0.4, -0.2) is 13.1 Å². The highest BCUT2D eigenvalue weighted by Crippen LogP contribution is 2.18. The fourth-order valence-corrected chi connectivity index (χ4v) is 0.932. The summed E-state index contributed by atoms with van der Waals surface area (Å²) < 4.78 is 4.54. The van der Waals surface area contributed by atoms with E-state index in [4.69, 9.17) is 0 Å². The Bertz CT molecular complexity index is 211. The third-order valence-electron chi connectivity index (χ3n) is 1.49. The normalized spacial score (nSPS) is 16.2. The van der Waals surface area contributed by atoms with Crippen molar-refractivity contribution in [3.8, 4) is 0 Å². The van der Waals surface area contributed by atoms with Crippen LogP contribution in [0, 0.1) is 0 Å². The van der Waals surface area contributed by atoms with Gasteiger partial charge in [0.15, 0.2) is 0 Å². The lowest BCUT2D eigenvalue weighted by atomic mass is 10.2. The summed E-state index contributed by atoms with van der Waals surface area (Å²) in [5.74, 6) is -0.215. The maximum atomic E-state index is 10.8. The highest BCUT2D eigenvalue weighted by molar-refractivity contribution is 5.90. The van der Waals surface area contributed by atoms with E-state index in [9.17, 15) is 4.79 Å². The first-order valence-electron chi connectivity index (χ1n) is 3.18. The molecule has 1 rings (SSSR count). The Morgan fingerprint density at radius 1 is 1.60 bits per heavy atom. The van der Waals surface area contributed by atoms with E-state index in [-0.39, 0.29) is 5.97 Å². The zero-order valence-electron chi connectivity index (χ0n) is 6.18. The molecule has 0 aromatic heterocycles. The topological polar surface area (TPSA) is 26.3 Å². The highest BCUT2D eigenvalue weighted by Gasteiger charge is 2.12. The Morgan fingerprint density at radius 2 is 2.30 bits per heavy atom. The van der Waals surface area contributed by atoms with Gasteiger partial charge in [0.2, 0.25) is 0 Å².